The van der Waals surface area contributed by atoms with Crippen molar-refractivity contribution in [2.24, 2.45) is 0 Å². The van der Waals surface area contributed by atoms with E-state index in [1.807, 2.05) is 6.92 Å². The Hall–Kier alpha value is -0.480. The van der Waals surface area contributed by atoms with Gasteiger partial charge in [0.2, 0.25) is 0 Å². The molecule has 60 valence electrons. The summed E-state index contributed by atoms with van der Waals surface area (Å²) in [7, 11) is 0. The number of aryl methyl sites for hydroxylation is 1. The van der Waals surface area contributed by atoms with E-state index >= 15 is 0 Å². The van der Waals surface area contributed by atoms with E-state index in [0.717, 1.165) is 5.69 Å². The Labute approximate surface area is 73.6 Å². The van der Waals surface area contributed by atoms with Crippen LogP contribution in [0.4, 0.5) is 0 Å². The van der Waals surface area contributed by atoms with Crippen LogP contribution < -0.4 is 0 Å². The SMILES string of the molecule is Cc1nccnc1[C@H](O)CBr. The quantitative estimate of drug-likeness (QED) is 0.757. The molecule has 0 fully saturated rings. The second kappa shape index (κ2) is 3.78. The number of aliphatic hydroxyl groups excluding tert-OH is 1. The first-order valence-electron chi connectivity index (χ1n) is 3.27. The average Bonchev–Trinajstić information content (AvgIpc) is 2.04. The topological polar surface area (TPSA) is 46.0 Å². The highest BCUT2D eigenvalue weighted by Gasteiger charge is 2.09. The number of alkyl halides is 1. The summed E-state index contributed by atoms with van der Waals surface area (Å²) in [6.07, 6.45) is 2.64. The predicted octanol–water partition coefficient (Wildman–Crippen LogP) is 1.21. The van der Waals surface area contributed by atoms with Crippen molar-refractivity contribution in [3.05, 3.63) is 23.8 Å². The highest BCUT2D eigenvalue weighted by atomic mass is 79.9. The van der Waals surface area contributed by atoms with Crippen molar-refractivity contribution >= 4 is 15.9 Å². The monoisotopic (exact) mass is 216 g/mol. The summed E-state index contributed by atoms with van der Waals surface area (Å²) in [5.41, 5.74) is 1.42. The molecule has 1 heterocycles. The Morgan fingerprint density at radius 1 is 1.55 bits per heavy atom. The molecule has 1 aromatic heterocycles. The molecule has 1 aromatic rings. The molecule has 1 rings (SSSR count). The Balaban J connectivity index is 2.93. The van der Waals surface area contributed by atoms with E-state index in [0.29, 0.717) is 11.0 Å². The minimum atomic E-state index is -0.552. The molecule has 0 radical (unpaired) electrons. The molecule has 11 heavy (non-hydrogen) atoms. The number of hydrogen-bond acceptors (Lipinski definition) is 3. The molecule has 1 atom stereocenters. The van der Waals surface area contributed by atoms with E-state index in [9.17, 15) is 5.11 Å². The van der Waals surface area contributed by atoms with Gasteiger partial charge in [0.25, 0.3) is 0 Å². The molecule has 0 aliphatic rings. The van der Waals surface area contributed by atoms with Gasteiger partial charge in [0.1, 0.15) is 6.10 Å². The van der Waals surface area contributed by atoms with Crippen LogP contribution in [0.3, 0.4) is 0 Å². The standard InChI is InChI=1S/C7H9BrN2O/c1-5-7(6(11)4-8)10-3-2-9-5/h2-3,6,11H,4H2,1H3/t6-/m1/s1. The molecular formula is C7H9BrN2O. The zero-order valence-electron chi connectivity index (χ0n) is 6.16. The van der Waals surface area contributed by atoms with Crippen LogP contribution in [0.5, 0.6) is 0 Å². The van der Waals surface area contributed by atoms with E-state index in [1.165, 1.54) is 0 Å². The van der Waals surface area contributed by atoms with Gasteiger partial charge >= 0.3 is 0 Å². The van der Waals surface area contributed by atoms with Crippen molar-refractivity contribution in [3.8, 4) is 0 Å². The molecule has 0 aliphatic heterocycles. The maximum atomic E-state index is 9.36. The first-order chi connectivity index (χ1) is 5.25. The van der Waals surface area contributed by atoms with Crippen LogP contribution in [0, 0.1) is 6.92 Å². The van der Waals surface area contributed by atoms with Gasteiger partial charge in [0.15, 0.2) is 0 Å². The van der Waals surface area contributed by atoms with Gasteiger partial charge in [-0.15, -0.1) is 0 Å². The van der Waals surface area contributed by atoms with Crippen LogP contribution in [0.25, 0.3) is 0 Å². The summed E-state index contributed by atoms with van der Waals surface area (Å²) in [5, 5.41) is 9.85. The lowest BCUT2D eigenvalue weighted by molar-refractivity contribution is 0.199. The third-order valence-electron chi connectivity index (χ3n) is 1.38. The Morgan fingerprint density at radius 2 is 2.18 bits per heavy atom. The molecule has 0 aliphatic carbocycles. The summed E-state index contributed by atoms with van der Waals surface area (Å²) in [6.45, 7) is 1.83. The molecule has 1 N–H and O–H groups in total. The van der Waals surface area contributed by atoms with Crippen molar-refractivity contribution in [2.45, 2.75) is 13.0 Å². The van der Waals surface area contributed by atoms with Gasteiger partial charge in [0, 0.05) is 17.7 Å². The first kappa shape index (κ1) is 8.62. The molecule has 3 nitrogen and oxygen atoms in total. The van der Waals surface area contributed by atoms with Gasteiger partial charge < -0.3 is 5.11 Å². The summed E-state index contributed by atoms with van der Waals surface area (Å²) in [5.74, 6) is 0. The van der Waals surface area contributed by atoms with Gasteiger partial charge in [-0.3, -0.25) is 9.97 Å². The summed E-state index contributed by atoms with van der Waals surface area (Å²) in [4.78, 5) is 8.01. The molecule has 0 bridgehead atoms. The lowest BCUT2D eigenvalue weighted by atomic mass is 10.2. The van der Waals surface area contributed by atoms with Crippen LogP contribution in [0.1, 0.15) is 17.5 Å². The first-order valence-corrected chi connectivity index (χ1v) is 4.39. The average molecular weight is 217 g/mol. The number of hydrogen-bond donors (Lipinski definition) is 1. The number of nitrogens with zero attached hydrogens (tertiary/aromatic N) is 2. The van der Waals surface area contributed by atoms with Crippen molar-refractivity contribution in [3.63, 3.8) is 0 Å². The van der Waals surface area contributed by atoms with Crippen molar-refractivity contribution in [1.82, 2.24) is 9.97 Å². The van der Waals surface area contributed by atoms with E-state index in [2.05, 4.69) is 25.9 Å². The molecule has 0 unspecified atom stereocenters. The Kier molecular flexibility index (Phi) is 2.96. The molecule has 0 spiro atoms. The highest BCUT2D eigenvalue weighted by molar-refractivity contribution is 9.09. The lowest BCUT2D eigenvalue weighted by Crippen LogP contribution is -2.04. The predicted molar refractivity (Wildman–Crippen MR) is 45.5 cm³/mol. The molecule has 0 saturated carbocycles. The third-order valence-corrected chi connectivity index (χ3v) is 1.99. The number of rotatable bonds is 2. The maximum Gasteiger partial charge on any atom is 0.107 e. The number of aliphatic hydroxyl groups is 1. The van der Waals surface area contributed by atoms with Gasteiger partial charge in [0.05, 0.1) is 11.4 Å². The minimum Gasteiger partial charge on any atom is -0.386 e. The summed E-state index contributed by atoms with van der Waals surface area (Å²) in [6, 6.07) is 0. The van der Waals surface area contributed by atoms with Crippen LogP contribution in [-0.2, 0) is 0 Å². The zero-order valence-corrected chi connectivity index (χ0v) is 7.74. The molecule has 0 amide bonds. The van der Waals surface area contributed by atoms with E-state index < -0.39 is 6.10 Å². The second-order valence-electron chi connectivity index (χ2n) is 2.20. The molecule has 0 aromatic carbocycles. The van der Waals surface area contributed by atoms with Crippen LogP contribution in [0.2, 0.25) is 0 Å². The van der Waals surface area contributed by atoms with Gasteiger partial charge in [-0.1, -0.05) is 15.9 Å². The molecule has 0 saturated heterocycles. The van der Waals surface area contributed by atoms with E-state index in [-0.39, 0.29) is 0 Å². The fourth-order valence-electron chi connectivity index (χ4n) is 0.819. The largest absolute Gasteiger partial charge is 0.386 e. The normalized spacial score (nSPS) is 13.0. The fourth-order valence-corrected chi connectivity index (χ4v) is 1.13. The third kappa shape index (κ3) is 1.97. The van der Waals surface area contributed by atoms with E-state index in [4.69, 9.17) is 0 Å². The van der Waals surface area contributed by atoms with Gasteiger partial charge in [-0.2, -0.15) is 0 Å². The maximum absolute atomic E-state index is 9.36. The molecular weight excluding hydrogens is 208 g/mol. The fraction of sp³-hybridized carbons (Fsp3) is 0.429. The van der Waals surface area contributed by atoms with Gasteiger partial charge in [-0.05, 0) is 6.92 Å². The lowest BCUT2D eigenvalue weighted by Gasteiger charge is -2.06. The van der Waals surface area contributed by atoms with E-state index in [1.54, 1.807) is 12.4 Å². The molecule has 4 heteroatoms. The summed E-state index contributed by atoms with van der Waals surface area (Å²) >= 11 is 3.17. The van der Waals surface area contributed by atoms with Crippen molar-refractivity contribution < 1.29 is 5.11 Å². The second-order valence-corrected chi connectivity index (χ2v) is 2.84. The number of halogens is 1. The van der Waals surface area contributed by atoms with Crippen LogP contribution in [0.15, 0.2) is 12.4 Å². The summed E-state index contributed by atoms with van der Waals surface area (Å²) < 4.78 is 0. The van der Waals surface area contributed by atoms with Crippen molar-refractivity contribution in [2.75, 3.05) is 5.33 Å². The van der Waals surface area contributed by atoms with Crippen molar-refractivity contribution in [1.29, 1.82) is 0 Å². The number of aromatic nitrogens is 2. The Morgan fingerprint density at radius 3 is 2.73 bits per heavy atom. The van der Waals surface area contributed by atoms with Crippen LogP contribution >= 0.6 is 15.9 Å². The zero-order chi connectivity index (χ0) is 8.27. The smallest absolute Gasteiger partial charge is 0.107 e. The highest BCUT2D eigenvalue weighted by Crippen LogP contribution is 2.13. The minimum absolute atomic E-state index is 0.493. The van der Waals surface area contributed by atoms with Crippen LogP contribution in [-0.4, -0.2) is 20.4 Å². The Bertz CT molecular complexity index is 242. The van der Waals surface area contributed by atoms with Gasteiger partial charge in [-0.25, -0.2) is 0 Å².